The predicted molar refractivity (Wildman–Crippen MR) is 34.5 cm³/mol. The van der Waals surface area contributed by atoms with Gasteiger partial charge in [-0.25, -0.2) is 0 Å². The molecule has 1 N–H and O–H groups in total. The number of rotatable bonds is 1. The standard InChI is InChI=1S/C7H10O3/c8-5-7(10)4-2-1-3-6(7)9/h5,10H,1-4H2. The SMILES string of the molecule is O=CC1(O)CCCCC1=O. The first kappa shape index (κ1) is 7.41. The van der Waals surface area contributed by atoms with Crippen molar-refractivity contribution in [3.8, 4) is 0 Å². The number of hydrogen-bond donors (Lipinski definition) is 1. The molecule has 1 rings (SSSR count). The second-order valence-electron chi connectivity index (χ2n) is 2.67. The van der Waals surface area contributed by atoms with Gasteiger partial charge in [0.15, 0.2) is 17.7 Å². The number of Topliss-reactive ketones (excluding diaryl/α,β-unsaturated/α-hetero) is 1. The summed E-state index contributed by atoms with van der Waals surface area (Å²) in [5, 5.41) is 9.23. The summed E-state index contributed by atoms with van der Waals surface area (Å²) in [5.41, 5.74) is -1.64. The highest BCUT2D eigenvalue weighted by Crippen LogP contribution is 2.22. The summed E-state index contributed by atoms with van der Waals surface area (Å²) >= 11 is 0. The van der Waals surface area contributed by atoms with Gasteiger partial charge in [-0.05, 0) is 19.3 Å². The zero-order valence-corrected chi connectivity index (χ0v) is 5.67. The molecule has 1 fully saturated rings. The Labute approximate surface area is 59.0 Å². The van der Waals surface area contributed by atoms with Crippen molar-refractivity contribution in [1.82, 2.24) is 0 Å². The van der Waals surface area contributed by atoms with E-state index in [1.807, 2.05) is 0 Å². The molecule has 0 bridgehead atoms. The Hall–Kier alpha value is -0.700. The van der Waals surface area contributed by atoms with E-state index in [2.05, 4.69) is 0 Å². The van der Waals surface area contributed by atoms with E-state index in [0.717, 1.165) is 12.8 Å². The second kappa shape index (κ2) is 2.50. The topological polar surface area (TPSA) is 54.4 Å². The largest absolute Gasteiger partial charge is 0.375 e. The van der Waals surface area contributed by atoms with Crippen LogP contribution in [-0.4, -0.2) is 22.8 Å². The van der Waals surface area contributed by atoms with Gasteiger partial charge in [-0.3, -0.25) is 9.59 Å². The van der Waals surface area contributed by atoms with Gasteiger partial charge in [0.25, 0.3) is 0 Å². The van der Waals surface area contributed by atoms with Crippen LogP contribution in [0.15, 0.2) is 0 Å². The molecule has 0 aromatic rings. The Bertz CT molecular complexity index is 164. The number of carbonyl (C=O) groups excluding carboxylic acids is 2. The molecule has 0 aromatic heterocycles. The van der Waals surface area contributed by atoms with Crippen LogP contribution < -0.4 is 0 Å². The van der Waals surface area contributed by atoms with Crippen LogP contribution in [0.25, 0.3) is 0 Å². The Morgan fingerprint density at radius 1 is 1.50 bits per heavy atom. The van der Waals surface area contributed by atoms with Crippen molar-refractivity contribution in [2.75, 3.05) is 0 Å². The Morgan fingerprint density at radius 2 is 2.20 bits per heavy atom. The van der Waals surface area contributed by atoms with Gasteiger partial charge in [0.05, 0.1) is 0 Å². The Balaban J connectivity index is 2.72. The van der Waals surface area contributed by atoms with Crippen LogP contribution in [0.4, 0.5) is 0 Å². The minimum absolute atomic E-state index is 0.301. The molecule has 1 unspecified atom stereocenters. The molecule has 3 heteroatoms. The Kier molecular flexibility index (Phi) is 1.85. The highest BCUT2D eigenvalue weighted by molar-refractivity contribution is 6.01. The fourth-order valence-electron chi connectivity index (χ4n) is 1.16. The molecular weight excluding hydrogens is 132 g/mol. The van der Waals surface area contributed by atoms with Crippen molar-refractivity contribution >= 4 is 12.1 Å². The van der Waals surface area contributed by atoms with Crippen molar-refractivity contribution in [3.05, 3.63) is 0 Å². The van der Waals surface area contributed by atoms with Crippen LogP contribution in [0, 0.1) is 0 Å². The van der Waals surface area contributed by atoms with Crippen molar-refractivity contribution in [1.29, 1.82) is 0 Å². The van der Waals surface area contributed by atoms with Gasteiger partial charge in [0, 0.05) is 6.42 Å². The molecule has 0 amide bonds. The van der Waals surface area contributed by atoms with Crippen LogP contribution >= 0.6 is 0 Å². The molecule has 1 aliphatic carbocycles. The van der Waals surface area contributed by atoms with Crippen molar-refractivity contribution in [2.24, 2.45) is 0 Å². The molecule has 0 radical (unpaired) electrons. The lowest BCUT2D eigenvalue weighted by Gasteiger charge is -2.23. The number of carbonyl (C=O) groups is 2. The summed E-state index contributed by atoms with van der Waals surface area (Å²) in [7, 11) is 0. The quantitative estimate of drug-likeness (QED) is 0.416. The van der Waals surface area contributed by atoms with E-state index in [-0.39, 0.29) is 5.78 Å². The van der Waals surface area contributed by atoms with E-state index in [1.165, 1.54) is 0 Å². The summed E-state index contributed by atoms with van der Waals surface area (Å²) in [6, 6.07) is 0. The lowest BCUT2D eigenvalue weighted by Crippen LogP contribution is -2.42. The normalized spacial score (nSPS) is 33.9. The molecule has 56 valence electrons. The van der Waals surface area contributed by atoms with E-state index in [4.69, 9.17) is 0 Å². The summed E-state index contributed by atoms with van der Waals surface area (Å²) in [5.74, 6) is -0.325. The smallest absolute Gasteiger partial charge is 0.177 e. The maximum Gasteiger partial charge on any atom is 0.177 e. The molecule has 0 heterocycles. The van der Waals surface area contributed by atoms with Crippen LogP contribution in [0.5, 0.6) is 0 Å². The molecule has 0 aromatic carbocycles. The fourth-order valence-corrected chi connectivity index (χ4v) is 1.16. The third kappa shape index (κ3) is 1.09. The zero-order valence-electron chi connectivity index (χ0n) is 5.67. The van der Waals surface area contributed by atoms with E-state index in [0.29, 0.717) is 19.1 Å². The van der Waals surface area contributed by atoms with E-state index in [1.54, 1.807) is 0 Å². The van der Waals surface area contributed by atoms with Gasteiger partial charge >= 0.3 is 0 Å². The monoisotopic (exact) mass is 142 g/mol. The van der Waals surface area contributed by atoms with E-state index >= 15 is 0 Å². The van der Waals surface area contributed by atoms with Gasteiger partial charge in [0.1, 0.15) is 0 Å². The minimum atomic E-state index is -1.64. The minimum Gasteiger partial charge on any atom is -0.375 e. The van der Waals surface area contributed by atoms with Gasteiger partial charge in [-0.15, -0.1) is 0 Å². The predicted octanol–water partition coefficient (Wildman–Crippen LogP) is 0.0595. The van der Waals surface area contributed by atoms with E-state index < -0.39 is 5.60 Å². The third-order valence-corrected chi connectivity index (χ3v) is 1.89. The molecular formula is C7H10O3. The first-order valence-electron chi connectivity index (χ1n) is 3.41. The zero-order chi connectivity index (χ0) is 7.61. The molecule has 1 aliphatic rings. The summed E-state index contributed by atoms with van der Waals surface area (Å²) in [6.45, 7) is 0. The maximum atomic E-state index is 10.9. The molecule has 3 nitrogen and oxygen atoms in total. The van der Waals surface area contributed by atoms with Crippen molar-refractivity contribution in [3.63, 3.8) is 0 Å². The Morgan fingerprint density at radius 3 is 2.60 bits per heavy atom. The molecule has 1 saturated carbocycles. The molecule has 10 heavy (non-hydrogen) atoms. The first-order valence-corrected chi connectivity index (χ1v) is 3.41. The van der Waals surface area contributed by atoms with Gasteiger partial charge in [-0.2, -0.15) is 0 Å². The highest BCUT2D eigenvalue weighted by Gasteiger charge is 2.36. The van der Waals surface area contributed by atoms with Gasteiger partial charge < -0.3 is 5.11 Å². The number of hydrogen-bond acceptors (Lipinski definition) is 3. The summed E-state index contributed by atoms with van der Waals surface area (Å²) in [6.07, 6.45) is 2.56. The summed E-state index contributed by atoms with van der Waals surface area (Å²) < 4.78 is 0. The third-order valence-electron chi connectivity index (χ3n) is 1.89. The maximum absolute atomic E-state index is 10.9. The van der Waals surface area contributed by atoms with E-state index in [9.17, 15) is 14.7 Å². The molecule has 0 aliphatic heterocycles. The van der Waals surface area contributed by atoms with Crippen molar-refractivity contribution in [2.45, 2.75) is 31.3 Å². The first-order chi connectivity index (χ1) is 4.69. The molecule has 1 atom stereocenters. The lowest BCUT2D eigenvalue weighted by atomic mass is 9.85. The lowest BCUT2D eigenvalue weighted by molar-refractivity contribution is -0.146. The van der Waals surface area contributed by atoms with Crippen LogP contribution in [-0.2, 0) is 9.59 Å². The second-order valence-corrected chi connectivity index (χ2v) is 2.67. The van der Waals surface area contributed by atoms with Crippen LogP contribution in [0.1, 0.15) is 25.7 Å². The fraction of sp³-hybridized carbons (Fsp3) is 0.714. The number of aliphatic hydroxyl groups is 1. The molecule has 0 spiro atoms. The van der Waals surface area contributed by atoms with Gasteiger partial charge in [-0.1, -0.05) is 0 Å². The average molecular weight is 142 g/mol. The van der Waals surface area contributed by atoms with Crippen molar-refractivity contribution < 1.29 is 14.7 Å². The van der Waals surface area contributed by atoms with Gasteiger partial charge in [0.2, 0.25) is 0 Å². The van der Waals surface area contributed by atoms with Crippen LogP contribution in [0.2, 0.25) is 0 Å². The number of aldehydes is 1. The van der Waals surface area contributed by atoms with Crippen LogP contribution in [0.3, 0.4) is 0 Å². The number of ketones is 1. The molecule has 0 saturated heterocycles. The average Bonchev–Trinajstić information content (AvgIpc) is 1.96. The summed E-state index contributed by atoms with van der Waals surface area (Å²) in [4.78, 5) is 21.1. The highest BCUT2D eigenvalue weighted by atomic mass is 16.3.